The van der Waals surface area contributed by atoms with Gasteiger partial charge in [0.1, 0.15) is 0 Å². The lowest BCUT2D eigenvalue weighted by Gasteiger charge is -2.09. The van der Waals surface area contributed by atoms with E-state index in [1.165, 1.54) is 17.1 Å². The van der Waals surface area contributed by atoms with Gasteiger partial charge in [0.15, 0.2) is 0 Å². The van der Waals surface area contributed by atoms with Crippen molar-refractivity contribution >= 4 is 17.6 Å². The Labute approximate surface area is 122 Å². The molecule has 0 saturated carbocycles. The first-order valence-electron chi connectivity index (χ1n) is 6.73. The molecule has 1 aromatic heterocycles. The van der Waals surface area contributed by atoms with Crippen molar-refractivity contribution in [1.29, 1.82) is 0 Å². The normalized spacial score (nSPS) is 10.3. The fourth-order valence-electron chi connectivity index (χ4n) is 1.98. The minimum Gasteiger partial charge on any atom is -0.478 e. The monoisotopic (exact) mass is 287 g/mol. The minimum atomic E-state index is -1.03. The van der Waals surface area contributed by atoms with Crippen LogP contribution < -0.4 is 5.32 Å². The third kappa shape index (κ3) is 3.92. The van der Waals surface area contributed by atoms with E-state index in [1.54, 1.807) is 0 Å². The van der Waals surface area contributed by atoms with Crippen LogP contribution in [0.15, 0.2) is 36.7 Å². The zero-order valence-electron chi connectivity index (χ0n) is 11.7. The zero-order chi connectivity index (χ0) is 15.2. The van der Waals surface area contributed by atoms with Crippen molar-refractivity contribution < 1.29 is 14.7 Å². The van der Waals surface area contributed by atoms with E-state index in [4.69, 9.17) is 5.11 Å². The van der Waals surface area contributed by atoms with Gasteiger partial charge in [-0.15, -0.1) is 0 Å². The first-order valence-corrected chi connectivity index (χ1v) is 6.73. The molecular weight excluding hydrogens is 270 g/mol. The number of amides is 1. The molecule has 0 radical (unpaired) electrons. The summed E-state index contributed by atoms with van der Waals surface area (Å²) in [6.07, 6.45) is 3.76. The van der Waals surface area contributed by atoms with E-state index < -0.39 is 5.97 Å². The number of carbonyl (C=O) groups excluding carboxylic acids is 1. The average Bonchev–Trinajstić information content (AvgIpc) is 2.95. The highest BCUT2D eigenvalue weighted by Crippen LogP contribution is 2.15. The summed E-state index contributed by atoms with van der Waals surface area (Å²) in [5.74, 6) is -1.15. The van der Waals surface area contributed by atoms with E-state index >= 15 is 0 Å². The first-order chi connectivity index (χ1) is 10.1. The minimum absolute atomic E-state index is 0.117. The Morgan fingerprint density at radius 1 is 1.33 bits per heavy atom. The molecule has 0 fully saturated rings. The van der Waals surface area contributed by atoms with Crippen LogP contribution in [-0.2, 0) is 17.8 Å². The van der Waals surface area contributed by atoms with Crippen LogP contribution in [0.1, 0.15) is 29.3 Å². The van der Waals surface area contributed by atoms with Crippen LogP contribution in [0.4, 0.5) is 5.69 Å². The number of carboxylic acid groups (broad SMARTS) is 1. The van der Waals surface area contributed by atoms with Crippen molar-refractivity contribution in [3.05, 3.63) is 47.8 Å². The van der Waals surface area contributed by atoms with E-state index in [1.807, 2.05) is 31.2 Å². The van der Waals surface area contributed by atoms with Gasteiger partial charge in [-0.1, -0.05) is 25.1 Å². The molecule has 0 saturated heterocycles. The Balaban J connectivity index is 1.91. The lowest BCUT2D eigenvalue weighted by atomic mass is 10.1. The predicted molar refractivity (Wildman–Crippen MR) is 78.3 cm³/mol. The summed E-state index contributed by atoms with van der Waals surface area (Å²) >= 11 is 0. The van der Waals surface area contributed by atoms with Crippen LogP contribution in [0.2, 0.25) is 0 Å². The second kappa shape index (κ2) is 6.69. The standard InChI is InChI=1S/C15H17N3O3/c1-2-11-5-3-4-6-13(11)17-14(19)7-8-18-10-12(9-16-18)15(20)21/h3-6,9-10H,2,7-8H2,1H3,(H,17,19)(H,20,21). The molecule has 0 aliphatic carbocycles. The molecule has 1 heterocycles. The zero-order valence-corrected chi connectivity index (χ0v) is 11.7. The van der Waals surface area contributed by atoms with Gasteiger partial charge in [-0.2, -0.15) is 5.10 Å². The van der Waals surface area contributed by atoms with E-state index in [9.17, 15) is 9.59 Å². The maximum atomic E-state index is 11.9. The molecule has 21 heavy (non-hydrogen) atoms. The van der Waals surface area contributed by atoms with Gasteiger partial charge < -0.3 is 10.4 Å². The number of aryl methyl sites for hydroxylation is 2. The van der Waals surface area contributed by atoms with Gasteiger partial charge in [-0.05, 0) is 18.1 Å². The van der Waals surface area contributed by atoms with Crippen molar-refractivity contribution in [2.75, 3.05) is 5.32 Å². The van der Waals surface area contributed by atoms with Gasteiger partial charge in [0.2, 0.25) is 5.91 Å². The van der Waals surface area contributed by atoms with Crippen LogP contribution in [0, 0.1) is 0 Å². The maximum absolute atomic E-state index is 11.9. The van der Waals surface area contributed by atoms with Crippen molar-refractivity contribution in [3.63, 3.8) is 0 Å². The molecule has 110 valence electrons. The molecule has 0 aliphatic rings. The average molecular weight is 287 g/mol. The number of nitrogens with one attached hydrogen (secondary N) is 1. The van der Waals surface area contributed by atoms with Gasteiger partial charge in [0, 0.05) is 24.8 Å². The lowest BCUT2D eigenvalue weighted by Crippen LogP contribution is -2.15. The van der Waals surface area contributed by atoms with Crippen molar-refractivity contribution in [1.82, 2.24) is 9.78 Å². The van der Waals surface area contributed by atoms with Crippen LogP contribution >= 0.6 is 0 Å². The highest BCUT2D eigenvalue weighted by Gasteiger charge is 2.08. The Morgan fingerprint density at radius 2 is 2.10 bits per heavy atom. The number of para-hydroxylation sites is 1. The molecule has 2 N–H and O–H groups in total. The molecular formula is C15H17N3O3. The highest BCUT2D eigenvalue weighted by atomic mass is 16.4. The number of carboxylic acids is 1. The summed E-state index contributed by atoms with van der Waals surface area (Å²) in [6.45, 7) is 2.37. The Hall–Kier alpha value is -2.63. The van der Waals surface area contributed by atoms with Crippen LogP contribution in [-0.4, -0.2) is 26.8 Å². The van der Waals surface area contributed by atoms with Crippen molar-refractivity contribution in [2.24, 2.45) is 0 Å². The smallest absolute Gasteiger partial charge is 0.338 e. The largest absolute Gasteiger partial charge is 0.478 e. The Morgan fingerprint density at radius 3 is 2.76 bits per heavy atom. The summed E-state index contributed by atoms with van der Waals surface area (Å²) in [6, 6.07) is 7.66. The SMILES string of the molecule is CCc1ccccc1NC(=O)CCn1cc(C(=O)O)cn1. The predicted octanol–water partition coefficient (Wildman–Crippen LogP) is 2.17. The fourth-order valence-corrected chi connectivity index (χ4v) is 1.98. The summed E-state index contributed by atoms with van der Waals surface area (Å²) < 4.78 is 1.45. The Kier molecular flexibility index (Phi) is 4.71. The molecule has 1 amide bonds. The van der Waals surface area contributed by atoms with Crippen LogP contribution in [0.3, 0.4) is 0 Å². The number of hydrogen-bond donors (Lipinski definition) is 2. The second-order valence-electron chi connectivity index (χ2n) is 4.61. The lowest BCUT2D eigenvalue weighted by molar-refractivity contribution is -0.116. The molecule has 0 unspecified atom stereocenters. The summed E-state index contributed by atoms with van der Waals surface area (Å²) in [5.41, 5.74) is 2.02. The first kappa shape index (κ1) is 14.8. The fraction of sp³-hybridized carbons (Fsp3) is 0.267. The summed E-state index contributed by atoms with van der Waals surface area (Å²) in [4.78, 5) is 22.7. The number of rotatable bonds is 6. The van der Waals surface area contributed by atoms with E-state index in [2.05, 4.69) is 10.4 Å². The van der Waals surface area contributed by atoms with Gasteiger partial charge >= 0.3 is 5.97 Å². The Bertz CT molecular complexity index is 649. The molecule has 1 aromatic carbocycles. The highest BCUT2D eigenvalue weighted by molar-refractivity contribution is 5.91. The quantitative estimate of drug-likeness (QED) is 0.852. The van der Waals surface area contributed by atoms with Gasteiger partial charge in [0.05, 0.1) is 11.8 Å². The van der Waals surface area contributed by atoms with E-state index in [0.29, 0.717) is 6.54 Å². The number of nitrogens with zero attached hydrogens (tertiary/aromatic N) is 2. The number of benzene rings is 1. The van der Waals surface area contributed by atoms with Gasteiger partial charge in [-0.25, -0.2) is 4.79 Å². The molecule has 6 nitrogen and oxygen atoms in total. The number of aromatic carboxylic acids is 1. The molecule has 6 heteroatoms. The molecule has 0 spiro atoms. The number of hydrogen-bond acceptors (Lipinski definition) is 3. The van der Waals surface area contributed by atoms with Gasteiger partial charge in [-0.3, -0.25) is 9.48 Å². The van der Waals surface area contributed by atoms with E-state index in [0.717, 1.165) is 17.7 Å². The molecule has 0 bridgehead atoms. The molecule has 0 aliphatic heterocycles. The van der Waals surface area contributed by atoms with Crippen molar-refractivity contribution in [2.45, 2.75) is 26.3 Å². The van der Waals surface area contributed by atoms with Crippen molar-refractivity contribution in [3.8, 4) is 0 Å². The number of anilines is 1. The van der Waals surface area contributed by atoms with Crippen LogP contribution in [0.5, 0.6) is 0 Å². The third-order valence-corrected chi connectivity index (χ3v) is 3.12. The third-order valence-electron chi connectivity index (χ3n) is 3.12. The molecule has 0 atom stereocenters. The van der Waals surface area contributed by atoms with E-state index in [-0.39, 0.29) is 17.9 Å². The maximum Gasteiger partial charge on any atom is 0.338 e. The van der Waals surface area contributed by atoms with Crippen LogP contribution in [0.25, 0.3) is 0 Å². The second-order valence-corrected chi connectivity index (χ2v) is 4.61. The summed E-state index contributed by atoms with van der Waals surface area (Å²) in [7, 11) is 0. The number of aromatic nitrogens is 2. The van der Waals surface area contributed by atoms with Gasteiger partial charge in [0.25, 0.3) is 0 Å². The summed E-state index contributed by atoms with van der Waals surface area (Å²) in [5, 5.41) is 15.6. The molecule has 2 aromatic rings. The topological polar surface area (TPSA) is 84.2 Å². The number of carbonyl (C=O) groups is 2. The molecule has 2 rings (SSSR count).